The number of fused-ring (bicyclic) bond motifs is 1. The van der Waals surface area contributed by atoms with Crippen molar-refractivity contribution < 1.29 is 0 Å². The van der Waals surface area contributed by atoms with Gasteiger partial charge in [0, 0.05) is 10.9 Å². The molecule has 0 atom stereocenters. The number of pyridine rings is 1. The van der Waals surface area contributed by atoms with E-state index in [0.29, 0.717) is 0 Å². The summed E-state index contributed by atoms with van der Waals surface area (Å²) in [6.07, 6.45) is 5.03. The molecule has 2 rings (SSSR count). The molecule has 0 aliphatic heterocycles. The molecule has 2 aromatic heterocycles. The van der Waals surface area contributed by atoms with Gasteiger partial charge in [0.25, 0.3) is 0 Å². The van der Waals surface area contributed by atoms with Gasteiger partial charge in [0.05, 0.1) is 24.1 Å². The Kier molecular flexibility index (Phi) is 3.97. The number of aromatic nitrogens is 2. The van der Waals surface area contributed by atoms with Crippen molar-refractivity contribution in [1.82, 2.24) is 14.1 Å². The summed E-state index contributed by atoms with van der Waals surface area (Å²) in [4.78, 5) is 4.48. The summed E-state index contributed by atoms with van der Waals surface area (Å²) in [5.74, 6) is 0. The van der Waals surface area contributed by atoms with Crippen LogP contribution < -0.4 is 4.72 Å². The van der Waals surface area contributed by atoms with E-state index in [0.717, 1.165) is 18.7 Å². The van der Waals surface area contributed by atoms with Crippen molar-refractivity contribution in [3.63, 3.8) is 0 Å². The van der Waals surface area contributed by atoms with Crippen molar-refractivity contribution >= 4 is 17.5 Å². The van der Waals surface area contributed by atoms with Gasteiger partial charge < -0.3 is 4.40 Å². The Morgan fingerprint density at radius 2 is 2.17 bits per heavy atom. The molecule has 2 heterocycles. The third-order valence-corrected chi connectivity index (χ3v) is 3.61. The van der Waals surface area contributed by atoms with Crippen molar-refractivity contribution in [3.8, 4) is 0 Å². The first kappa shape index (κ1) is 13.4. The second-order valence-electron chi connectivity index (χ2n) is 5.41. The topological polar surface area (TPSA) is 29.3 Å². The molecule has 0 aliphatic carbocycles. The van der Waals surface area contributed by atoms with Crippen LogP contribution in [0, 0.1) is 0 Å². The van der Waals surface area contributed by atoms with Crippen molar-refractivity contribution in [3.05, 3.63) is 35.9 Å². The number of nitrogens with zero attached hydrogens (tertiary/aromatic N) is 2. The molecule has 0 fully saturated rings. The lowest BCUT2D eigenvalue weighted by molar-refractivity contribution is 0.786. The summed E-state index contributed by atoms with van der Waals surface area (Å²) in [6.45, 7) is 9.57. The molecular weight excluding hydrogens is 242 g/mol. The van der Waals surface area contributed by atoms with Gasteiger partial charge >= 0.3 is 0 Å². The van der Waals surface area contributed by atoms with E-state index in [2.05, 4.69) is 60.1 Å². The first-order valence-corrected chi connectivity index (χ1v) is 7.16. The summed E-state index contributed by atoms with van der Waals surface area (Å²) >= 11 is 1.75. The Hall–Kier alpha value is -1.00. The van der Waals surface area contributed by atoms with E-state index in [1.807, 2.05) is 6.33 Å². The molecule has 0 bridgehead atoms. The molecule has 0 aromatic carbocycles. The zero-order valence-electron chi connectivity index (χ0n) is 11.5. The SMILES string of the molecule is CCc1ccn2cnc(CNSC(C)(C)C)c2c1. The average Bonchev–Trinajstić information content (AvgIpc) is 2.70. The number of imidazole rings is 1. The Labute approximate surface area is 113 Å². The maximum Gasteiger partial charge on any atom is 0.0996 e. The predicted octanol–water partition coefficient (Wildman–Crippen LogP) is 3.43. The van der Waals surface area contributed by atoms with Gasteiger partial charge in [0.1, 0.15) is 0 Å². The molecule has 0 radical (unpaired) electrons. The minimum absolute atomic E-state index is 0.226. The van der Waals surface area contributed by atoms with Crippen LogP contribution in [0.15, 0.2) is 24.7 Å². The van der Waals surface area contributed by atoms with Crippen LogP contribution in [-0.2, 0) is 13.0 Å². The monoisotopic (exact) mass is 263 g/mol. The van der Waals surface area contributed by atoms with Gasteiger partial charge in [-0.3, -0.25) is 4.72 Å². The van der Waals surface area contributed by atoms with Gasteiger partial charge in [0.15, 0.2) is 0 Å². The number of aryl methyl sites for hydroxylation is 1. The molecule has 0 amide bonds. The van der Waals surface area contributed by atoms with Gasteiger partial charge in [-0.25, -0.2) is 4.98 Å². The van der Waals surface area contributed by atoms with Gasteiger partial charge in [-0.15, -0.1) is 0 Å². The van der Waals surface area contributed by atoms with Crippen molar-refractivity contribution in [2.75, 3.05) is 0 Å². The largest absolute Gasteiger partial charge is 0.306 e. The first-order chi connectivity index (χ1) is 8.49. The summed E-state index contributed by atoms with van der Waals surface area (Å²) in [6, 6.07) is 4.38. The van der Waals surface area contributed by atoms with Gasteiger partial charge in [-0.2, -0.15) is 0 Å². The normalized spacial score (nSPS) is 12.2. The van der Waals surface area contributed by atoms with Gasteiger partial charge in [0.2, 0.25) is 0 Å². The Bertz CT molecular complexity index is 525. The fourth-order valence-corrected chi connectivity index (χ4v) is 2.40. The number of hydrogen-bond donors (Lipinski definition) is 1. The third-order valence-electron chi connectivity index (χ3n) is 2.71. The van der Waals surface area contributed by atoms with Crippen molar-refractivity contribution in [1.29, 1.82) is 0 Å². The Morgan fingerprint density at radius 3 is 2.83 bits per heavy atom. The zero-order valence-corrected chi connectivity index (χ0v) is 12.3. The van der Waals surface area contributed by atoms with Crippen LogP contribution >= 0.6 is 11.9 Å². The number of nitrogens with one attached hydrogen (secondary N) is 1. The highest BCUT2D eigenvalue weighted by Gasteiger charge is 2.11. The maximum atomic E-state index is 4.48. The lowest BCUT2D eigenvalue weighted by Gasteiger charge is -2.17. The molecule has 0 unspecified atom stereocenters. The van der Waals surface area contributed by atoms with E-state index in [1.54, 1.807) is 11.9 Å². The van der Waals surface area contributed by atoms with E-state index in [4.69, 9.17) is 0 Å². The quantitative estimate of drug-likeness (QED) is 0.857. The van der Waals surface area contributed by atoms with Crippen LogP contribution in [0.2, 0.25) is 0 Å². The van der Waals surface area contributed by atoms with Crippen molar-refractivity contribution in [2.45, 2.75) is 45.4 Å². The lowest BCUT2D eigenvalue weighted by atomic mass is 10.2. The van der Waals surface area contributed by atoms with E-state index < -0.39 is 0 Å². The summed E-state index contributed by atoms with van der Waals surface area (Å²) in [5, 5.41) is 0. The number of hydrogen-bond acceptors (Lipinski definition) is 3. The predicted molar refractivity (Wildman–Crippen MR) is 78.8 cm³/mol. The lowest BCUT2D eigenvalue weighted by Crippen LogP contribution is -2.16. The Balaban J connectivity index is 2.13. The van der Waals surface area contributed by atoms with Crippen molar-refractivity contribution in [2.24, 2.45) is 0 Å². The molecule has 4 heteroatoms. The highest BCUT2D eigenvalue weighted by atomic mass is 32.2. The van der Waals surface area contributed by atoms with E-state index in [1.165, 1.54) is 11.1 Å². The smallest absolute Gasteiger partial charge is 0.0996 e. The molecule has 1 N–H and O–H groups in total. The fourth-order valence-electron chi connectivity index (χ4n) is 1.76. The first-order valence-electron chi connectivity index (χ1n) is 6.35. The van der Waals surface area contributed by atoms with E-state index in [9.17, 15) is 0 Å². The summed E-state index contributed by atoms with van der Waals surface area (Å²) < 4.78 is 5.71. The second kappa shape index (κ2) is 5.33. The summed E-state index contributed by atoms with van der Waals surface area (Å²) in [5.41, 5.74) is 3.67. The Morgan fingerprint density at radius 1 is 1.39 bits per heavy atom. The molecule has 0 spiro atoms. The van der Waals surface area contributed by atoms with Gasteiger partial charge in [-0.05, 0) is 44.9 Å². The molecule has 0 saturated carbocycles. The van der Waals surface area contributed by atoms with Crippen LogP contribution in [0.4, 0.5) is 0 Å². The van der Waals surface area contributed by atoms with E-state index >= 15 is 0 Å². The summed E-state index contributed by atoms with van der Waals surface area (Å²) in [7, 11) is 0. The van der Waals surface area contributed by atoms with Crippen LogP contribution in [0.5, 0.6) is 0 Å². The highest BCUT2D eigenvalue weighted by molar-refractivity contribution is 7.98. The average molecular weight is 263 g/mol. The van der Waals surface area contributed by atoms with Crippen LogP contribution in [-0.4, -0.2) is 14.1 Å². The van der Waals surface area contributed by atoms with E-state index in [-0.39, 0.29) is 4.75 Å². The van der Waals surface area contributed by atoms with Crippen LogP contribution in [0.3, 0.4) is 0 Å². The van der Waals surface area contributed by atoms with Crippen LogP contribution in [0.25, 0.3) is 5.52 Å². The minimum Gasteiger partial charge on any atom is -0.306 e. The molecular formula is C14H21N3S. The second-order valence-corrected chi connectivity index (χ2v) is 7.13. The third kappa shape index (κ3) is 3.27. The number of rotatable bonds is 4. The molecule has 98 valence electrons. The molecule has 18 heavy (non-hydrogen) atoms. The molecule has 2 aromatic rings. The fraction of sp³-hybridized carbons (Fsp3) is 0.500. The zero-order chi connectivity index (χ0) is 13.2. The van der Waals surface area contributed by atoms with Crippen LogP contribution in [0.1, 0.15) is 39.0 Å². The van der Waals surface area contributed by atoms with Gasteiger partial charge in [-0.1, -0.05) is 18.9 Å². The maximum absolute atomic E-state index is 4.48. The highest BCUT2D eigenvalue weighted by Crippen LogP contribution is 2.20. The minimum atomic E-state index is 0.226. The molecule has 0 aliphatic rings. The molecule has 3 nitrogen and oxygen atoms in total. The standard InChI is InChI=1S/C14H21N3S/c1-5-11-6-7-17-10-15-12(13(17)8-11)9-16-18-14(2,3)4/h6-8,10,16H,5,9H2,1-4H3. The molecule has 0 saturated heterocycles.